The van der Waals surface area contributed by atoms with Crippen LogP contribution in [0.15, 0.2) is 0 Å². The molecule has 0 fully saturated rings. The third-order valence-electron chi connectivity index (χ3n) is 0.667. The summed E-state index contributed by atoms with van der Waals surface area (Å²) in [6, 6.07) is 0. The van der Waals surface area contributed by atoms with E-state index in [4.69, 9.17) is 0 Å². The summed E-state index contributed by atoms with van der Waals surface area (Å²) in [6.07, 6.45) is 0. The van der Waals surface area contributed by atoms with Crippen molar-refractivity contribution in [3.8, 4) is 0 Å². The number of hydrogen-bond acceptors (Lipinski definition) is 3. The monoisotopic (exact) mass is 210 g/mol. The number of carbonyl (C=O) groups is 1. The van der Waals surface area contributed by atoms with Gasteiger partial charge in [-0.3, -0.25) is 0 Å². The second-order valence-corrected chi connectivity index (χ2v) is 2.74. The van der Waals surface area contributed by atoms with Crippen LogP contribution in [0.3, 0.4) is 0 Å². The lowest BCUT2D eigenvalue weighted by atomic mass is 10.7. The lowest BCUT2D eigenvalue weighted by molar-refractivity contribution is -0.158. The van der Waals surface area contributed by atoms with E-state index in [0.717, 1.165) is 0 Å². The highest BCUT2D eigenvalue weighted by atomic mass is 32.2. The molecule has 0 saturated carbocycles. The Hall–Kier alpha value is -0.530. The smallest absolute Gasteiger partial charge is 0.447 e. The van der Waals surface area contributed by atoms with Crippen molar-refractivity contribution < 1.29 is 31.5 Å². The minimum Gasteiger partial charge on any atom is -0.464 e. The van der Waals surface area contributed by atoms with Gasteiger partial charge < -0.3 is 4.74 Å². The molecule has 0 unspecified atom stereocenters. The molecule has 0 bridgehead atoms. The van der Waals surface area contributed by atoms with E-state index in [1.54, 1.807) is 0 Å². The summed E-state index contributed by atoms with van der Waals surface area (Å²) in [5.74, 6) is -2.22. The van der Waals surface area contributed by atoms with Gasteiger partial charge in [-0.1, -0.05) is 0 Å². The van der Waals surface area contributed by atoms with Crippen molar-refractivity contribution >= 4 is 17.7 Å². The van der Waals surface area contributed by atoms with Crippen LogP contribution in [0.25, 0.3) is 0 Å². The van der Waals surface area contributed by atoms with Gasteiger partial charge in [0.25, 0.3) is 0 Å². The molecule has 0 heterocycles. The second kappa shape index (κ2) is 3.46. The Morgan fingerprint density at radius 2 is 1.67 bits per heavy atom. The number of alkyl halides is 5. The molecule has 0 amide bonds. The molecule has 0 aliphatic heterocycles. The molecular weight excluding hydrogens is 207 g/mol. The number of esters is 1. The van der Waals surface area contributed by atoms with Gasteiger partial charge in [0.05, 0.1) is 7.11 Å². The average Bonchev–Trinajstić information content (AvgIpc) is 1.80. The quantitative estimate of drug-likeness (QED) is 0.515. The maximum atomic E-state index is 12.1. The van der Waals surface area contributed by atoms with E-state index in [2.05, 4.69) is 4.74 Å². The van der Waals surface area contributed by atoms with E-state index in [-0.39, 0.29) is 0 Å². The highest BCUT2D eigenvalue weighted by Gasteiger charge is 2.51. The largest absolute Gasteiger partial charge is 0.464 e. The molecule has 0 saturated heterocycles. The van der Waals surface area contributed by atoms with E-state index < -0.39 is 28.5 Å². The van der Waals surface area contributed by atoms with Gasteiger partial charge >= 0.3 is 16.7 Å². The molecular formula is C4H3F5O2S. The Kier molecular flexibility index (Phi) is 3.31. The van der Waals surface area contributed by atoms with Gasteiger partial charge in [0, 0.05) is 11.8 Å². The maximum absolute atomic E-state index is 12.1. The SMILES string of the molecule is COC(=O)C(F)(F)SC(F)(F)F. The summed E-state index contributed by atoms with van der Waals surface area (Å²) in [4.78, 5) is 10.0. The fourth-order valence-corrected chi connectivity index (χ4v) is 0.763. The normalized spacial score (nSPS) is 12.8. The highest BCUT2D eigenvalue weighted by molar-refractivity contribution is 8.01. The predicted octanol–water partition coefficient (Wildman–Crippen LogP) is 2.01. The van der Waals surface area contributed by atoms with Gasteiger partial charge in [0.15, 0.2) is 0 Å². The van der Waals surface area contributed by atoms with E-state index in [1.165, 1.54) is 0 Å². The van der Waals surface area contributed by atoms with Gasteiger partial charge in [0.1, 0.15) is 0 Å². The lowest BCUT2D eigenvalue weighted by Crippen LogP contribution is -2.29. The van der Waals surface area contributed by atoms with Gasteiger partial charge in [-0.2, -0.15) is 22.0 Å². The molecule has 0 N–H and O–H groups in total. The van der Waals surface area contributed by atoms with Crippen molar-refractivity contribution in [2.75, 3.05) is 7.11 Å². The van der Waals surface area contributed by atoms with Crippen LogP contribution in [0.5, 0.6) is 0 Å². The zero-order chi connectivity index (χ0) is 9.99. The first-order valence-electron chi connectivity index (χ1n) is 2.42. The molecule has 0 aromatic rings. The summed E-state index contributed by atoms with van der Waals surface area (Å²) >= 11 is -1.72. The predicted molar refractivity (Wildman–Crippen MR) is 30.6 cm³/mol. The van der Waals surface area contributed by atoms with E-state index in [9.17, 15) is 26.7 Å². The average molecular weight is 210 g/mol. The topological polar surface area (TPSA) is 26.3 Å². The maximum Gasteiger partial charge on any atom is 0.447 e. The van der Waals surface area contributed by atoms with Crippen LogP contribution >= 0.6 is 11.8 Å². The lowest BCUT2D eigenvalue weighted by Gasteiger charge is -2.13. The molecule has 0 aromatic heterocycles. The van der Waals surface area contributed by atoms with Crippen LogP contribution < -0.4 is 0 Å². The van der Waals surface area contributed by atoms with Crippen LogP contribution in [0, 0.1) is 0 Å². The number of rotatable bonds is 2. The highest BCUT2D eigenvalue weighted by Crippen LogP contribution is 2.43. The number of carbonyl (C=O) groups excluding carboxylic acids is 1. The van der Waals surface area contributed by atoms with Crippen molar-refractivity contribution in [2.45, 2.75) is 10.8 Å². The van der Waals surface area contributed by atoms with E-state index in [1.807, 2.05) is 0 Å². The summed E-state index contributed by atoms with van der Waals surface area (Å²) < 4.78 is 61.6. The number of ether oxygens (including phenoxy) is 1. The van der Waals surface area contributed by atoms with Crippen molar-refractivity contribution in [1.82, 2.24) is 0 Å². The van der Waals surface area contributed by atoms with Gasteiger partial charge in [0.2, 0.25) is 0 Å². The third-order valence-corrected chi connectivity index (χ3v) is 1.32. The number of methoxy groups -OCH3 is 1. The Bertz CT molecular complexity index is 177. The van der Waals surface area contributed by atoms with E-state index in [0.29, 0.717) is 7.11 Å². The Morgan fingerprint density at radius 3 is 1.92 bits per heavy atom. The molecule has 0 atom stereocenters. The third kappa shape index (κ3) is 3.74. The molecule has 0 aromatic carbocycles. The van der Waals surface area contributed by atoms with Gasteiger partial charge in [-0.15, -0.1) is 0 Å². The minimum absolute atomic E-state index is 0.577. The molecule has 8 heteroatoms. The van der Waals surface area contributed by atoms with Crippen molar-refractivity contribution in [3.63, 3.8) is 0 Å². The molecule has 0 rings (SSSR count). The molecule has 0 radical (unpaired) electrons. The number of halogens is 5. The van der Waals surface area contributed by atoms with Crippen molar-refractivity contribution in [1.29, 1.82) is 0 Å². The Morgan fingerprint density at radius 1 is 1.25 bits per heavy atom. The van der Waals surface area contributed by atoms with Crippen molar-refractivity contribution in [3.05, 3.63) is 0 Å². The van der Waals surface area contributed by atoms with Crippen molar-refractivity contribution in [2.24, 2.45) is 0 Å². The first-order valence-corrected chi connectivity index (χ1v) is 3.24. The second-order valence-electron chi connectivity index (χ2n) is 1.56. The minimum atomic E-state index is -5.17. The summed E-state index contributed by atoms with van der Waals surface area (Å²) in [6.45, 7) is 0. The Labute approximate surface area is 68.1 Å². The fourth-order valence-electron chi connectivity index (χ4n) is 0.306. The van der Waals surface area contributed by atoms with Crippen LogP contribution in [0.2, 0.25) is 0 Å². The van der Waals surface area contributed by atoms with Gasteiger partial charge in [-0.05, 0) is 0 Å². The van der Waals surface area contributed by atoms with Crippen LogP contribution in [0.1, 0.15) is 0 Å². The Balaban J connectivity index is 4.32. The number of hydrogen-bond donors (Lipinski definition) is 0. The first kappa shape index (κ1) is 11.5. The number of thioether (sulfide) groups is 1. The molecule has 12 heavy (non-hydrogen) atoms. The summed E-state index contributed by atoms with van der Waals surface area (Å²) in [7, 11) is 0.577. The van der Waals surface area contributed by atoms with Crippen LogP contribution in [-0.2, 0) is 9.53 Å². The molecule has 2 nitrogen and oxygen atoms in total. The molecule has 72 valence electrons. The first-order chi connectivity index (χ1) is 5.19. The zero-order valence-corrected chi connectivity index (χ0v) is 6.43. The summed E-state index contributed by atoms with van der Waals surface area (Å²) in [5, 5.41) is -4.58. The zero-order valence-electron chi connectivity index (χ0n) is 5.61. The van der Waals surface area contributed by atoms with Gasteiger partial charge in [-0.25, -0.2) is 4.79 Å². The molecule has 0 spiro atoms. The fraction of sp³-hybridized carbons (Fsp3) is 0.750. The summed E-state index contributed by atoms with van der Waals surface area (Å²) in [5.41, 5.74) is -5.17. The van der Waals surface area contributed by atoms with Crippen LogP contribution in [0.4, 0.5) is 22.0 Å². The van der Waals surface area contributed by atoms with Crippen LogP contribution in [-0.4, -0.2) is 23.8 Å². The van der Waals surface area contributed by atoms with E-state index >= 15 is 0 Å². The standard InChI is InChI=1S/C4H3F5O2S/c1-11-2(10)3(5,6)12-4(7,8)9/h1H3. The molecule has 0 aliphatic carbocycles. The molecule has 0 aliphatic rings.